The van der Waals surface area contributed by atoms with Crippen LogP contribution in [-0.2, 0) is 23.2 Å². The van der Waals surface area contributed by atoms with Gasteiger partial charge >= 0.3 is 0 Å². The van der Waals surface area contributed by atoms with E-state index in [0.29, 0.717) is 4.88 Å². The second-order valence-corrected chi connectivity index (χ2v) is 7.25. The van der Waals surface area contributed by atoms with Crippen LogP contribution in [0, 0.1) is 6.92 Å². The quantitative estimate of drug-likeness (QED) is 0.889. The van der Waals surface area contributed by atoms with E-state index in [1.165, 1.54) is 17.4 Å². The molecule has 0 spiro atoms. The van der Waals surface area contributed by atoms with Gasteiger partial charge in [-0.15, -0.1) is 11.3 Å². The fourth-order valence-electron chi connectivity index (χ4n) is 1.50. The lowest BCUT2D eigenvalue weighted by Crippen LogP contribution is -2.23. The van der Waals surface area contributed by atoms with Crippen molar-refractivity contribution >= 4 is 32.7 Å². The highest BCUT2D eigenvalue weighted by Gasteiger charge is 2.19. The van der Waals surface area contributed by atoms with Gasteiger partial charge in [0.2, 0.25) is 10.0 Å². The van der Waals surface area contributed by atoms with Gasteiger partial charge in [-0.2, -0.15) is 11.3 Å². The Labute approximate surface area is 114 Å². The predicted octanol–water partition coefficient (Wildman–Crippen LogP) is 2.09. The van der Waals surface area contributed by atoms with Crippen LogP contribution >= 0.6 is 22.7 Å². The molecule has 0 amide bonds. The average molecular weight is 303 g/mol. The van der Waals surface area contributed by atoms with Crippen molar-refractivity contribution in [1.82, 2.24) is 4.72 Å². The van der Waals surface area contributed by atoms with Gasteiger partial charge in [0.25, 0.3) is 0 Å². The number of aryl methyl sites for hydroxylation is 1. The topological polar surface area (TPSA) is 66.4 Å². The summed E-state index contributed by atoms with van der Waals surface area (Å²) in [6.07, 6.45) is 0. The molecule has 2 N–H and O–H groups in total. The number of thiophene rings is 2. The molecule has 0 atom stereocenters. The van der Waals surface area contributed by atoms with Crippen LogP contribution < -0.4 is 4.72 Å². The molecule has 2 heterocycles. The SMILES string of the molecule is Cc1cscc1CNS(=O)(=O)c1ccsc1CO. The number of sulfonamides is 1. The summed E-state index contributed by atoms with van der Waals surface area (Å²) in [5.74, 6) is 0. The third-order valence-electron chi connectivity index (χ3n) is 2.55. The molecule has 0 fully saturated rings. The first kappa shape index (κ1) is 13.7. The first-order chi connectivity index (χ1) is 8.54. The fraction of sp³-hybridized carbons (Fsp3) is 0.273. The summed E-state index contributed by atoms with van der Waals surface area (Å²) in [6, 6.07) is 1.51. The summed E-state index contributed by atoms with van der Waals surface area (Å²) in [6.45, 7) is 1.97. The van der Waals surface area contributed by atoms with Crippen molar-refractivity contribution in [3.05, 3.63) is 38.2 Å². The number of hydrogen-bond donors (Lipinski definition) is 2. The van der Waals surface area contributed by atoms with Gasteiger partial charge in [-0.25, -0.2) is 13.1 Å². The van der Waals surface area contributed by atoms with E-state index in [1.54, 1.807) is 16.7 Å². The smallest absolute Gasteiger partial charge is 0.242 e. The van der Waals surface area contributed by atoms with Crippen LogP contribution in [0.2, 0.25) is 0 Å². The van der Waals surface area contributed by atoms with Gasteiger partial charge in [0.15, 0.2) is 0 Å². The zero-order valence-electron chi connectivity index (χ0n) is 9.71. The minimum absolute atomic E-state index is 0.169. The highest BCUT2D eigenvalue weighted by atomic mass is 32.2. The van der Waals surface area contributed by atoms with Crippen molar-refractivity contribution in [2.24, 2.45) is 0 Å². The molecule has 0 aliphatic rings. The van der Waals surface area contributed by atoms with Gasteiger partial charge in [-0.05, 0) is 40.3 Å². The summed E-state index contributed by atoms with van der Waals surface area (Å²) >= 11 is 2.78. The van der Waals surface area contributed by atoms with Crippen molar-refractivity contribution < 1.29 is 13.5 Å². The molecule has 0 aliphatic heterocycles. The number of rotatable bonds is 5. The first-order valence-corrected chi connectivity index (χ1v) is 8.53. The summed E-state index contributed by atoms with van der Waals surface area (Å²) in [5.41, 5.74) is 2.06. The van der Waals surface area contributed by atoms with Gasteiger partial charge in [0.05, 0.1) is 11.5 Å². The van der Waals surface area contributed by atoms with Gasteiger partial charge < -0.3 is 5.11 Å². The van der Waals surface area contributed by atoms with Crippen molar-refractivity contribution in [3.8, 4) is 0 Å². The van der Waals surface area contributed by atoms with Crippen LogP contribution in [0.25, 0.3) is 0 Å². The van der Waals surface area contributed by atoms with E-state index in [-0.39, 0.29) is 18.0 Å². The second-order valence-electron chi connectivity index (χ2n) is 3.77. The molecular formula is C11H13NO3S3. The highest BCUT2D eigenvalue weighted by Crippen LogP contribution is 2.22. The first-order valence-electron chi connectivity index (χ1n) is 5.23. The molecule has 2 aromatic rings. The van der Waals surface area contributed by atoms with Crippen LogP contribution in [-0.4, -0.2) is 13.5 Å². The zero-order chi connectivity index (χ0) is 13.2. The molecule has 7 heteroatoms. The number of aliphatic hydroxyl groups is 1. The lowest BCUT2D eigenvalue weighted by atomic mass is 10.2. The molecule has 0 saturated carbocycles. The Balaban J connectivity index is 2.16. The third kappa shape index (κ3) is 2.81. The van der Waals surface area contributed by atoms with E-state index in [2.05, 4.69) is 4.72 Å². The molecule has 4 nitrogen and oxygen atoms in total. The van der Waals surface area contributed by atoms with Crippen LogP contribution in [0.15, 0.2) is 27.1 Å². The molecule has 0 saturated heterocycles. The summed E-state index contributed by atoms with van der Waals surface area (Å²) in [7, 11) is -3.55. The molecule has 0 aromatic carbocycles. The molecule has 2 aromatic heterocycles. The van der Waals surface area contributed by atoms with Crippen LogP contribution in [0.5, 0.6) is 0 Å². The van der Waals surface area contributed by atoms with Gasteiger partial charge in [0.1, 0.15) is 0 Å². The maximum absolute atomic E-state index is 12.1. The summed E-state index contributed by atoms with van der Waals surface area (Å²) < 4.78 is 26.7. The Bertz CT molecular complexity index is 628. The normalized spacial score (nSPS) is 11.9. The standard InChI is InChI=1S/C11H13NO3S3/c1-8-6-16-7-9(8)4-12-18(14,15)11-2-3-17-10(11)5-13/h2-3,6-7,12-13H,4-5H2,1H3. The number of hydrogen-bond acceptors (Lipinski definition) is 5. The summed E-state index contributed by atoms with van der Waals surface area (Å²) in [4.78, 5) is 0.632. The maximum atomic E-state index is 12.1. The van der Waals surface area contributed by atoms with E-state index in [1.807, 2.05) is 17.7 Å². The Morgan fingerprint density at radius 1 is 1.39 bits per heavy atom. The zero-order valence-corrected chi connectivity index (χ0v) is 12.2. The monoisotopic (exact) mass is 303 g/mol. The predicted molar refractivity (Wildman–Crippen MR) is 73.3 cm³/mol. The van der Waals surface area contributed by atoms with E-state index in [0.717, 1.165) is 11.1 Å². The van der Waals surface area contributed by atoms with Crippen molar-refractivity contribution in [2.75, 3.05) is 0 Å². The Morgan fingerprint density at radius 2 is 2.17 bits per heavy atom. The van der Waals surface area contributed by atoms with Crippen molar-refractivity contribution in [1.29, 1.82) is 0 Å². The van der Waals surface area contributed by atoms with Crippen LogP contribution in [0.1, 0.15) is 16.0 Å². The van der Waals surface area contributed by atoms with E-state index < -0.39 is 10.0 Å². The fourth-order valence-corrected chi connectivity index (χ4v) is 4.66. The van der Waals surface area contributed by atoms with Crippen LogP contribution in [0.4, 0.5) is 0 Å². The minimum Gasteiger partial charge on any atom is -0.391 e. The lowest BCUT2D eigenvalue weighted by molar-refractivity contribution is 0.282. The molecule has 2 rings (SSSR count). The minimum atomic E-state index is -3.55. The molecule has 98 valence electrons. The van der Waals surface area contributed by atoms with Crippen molar-refractivity contribution in [2.45, 2.75) is 25.0 Å². The van der Waals surface area contributed by atoms with Gasteiger partial charge in [-0.3, -0.25) is 0 Å². The van der Waals surface area contributed by atoms with Gasteiger partial charge in [0, 0.05) is 11.4 Å². The summed E-state index contributed by atoms with van der Waals surface area (Å²) in [5, 5.41) is 14.7. The Morgan fingerprint density at radius 3 is 2.78 bits per heavy atom. The Hall–Kier alpha value is -0.730. The van der Waals surface area contributed by atoms with Gasteiger partial charge in [-0.1, -0.05) is 0 Å². The molecule has 0 aliphatic carbocycles. The number of nitrogens with one attached hydrogen (secondary N) is 1. The van der Waals surface area contributed by atoms with E-state index in [4.69, 9.17) is 5.11 Å². The molecule has 0 unspecified atom stereocenters. The average Bonchev–Trinajstić information content (AvgIpc) is 2.95. The second kappa shape index (κ2) is 5.50. The van der Waals surface area contributed by atoms with E-state index >= 15 is 0 Å². The largest absolute Gasteiger partial charge is 0.391 e. The Kier molecular flexibility index (Phi) is 4.18. The third-order valence-corrected chi connectivity index (χ3v) is 5.98. The molecule has 18 heavy (non-hydrogen) atoms. The number of aliphatic hydroxyl groups excluding tert-OH is 1. The van der Waals surface area contributed by atoms with Crippen molar-refractivity contribution in [3.63, 3.8) is 0 Å². The lowest BCUT2D eigenvalue weighted by Gasteiger charge is -2.06. The van der Waals surface area contributed by atoms with E-state index in [9.17, 15) is 8.42 Å². The van der Waals surface area contributed by atoms with Crippen LogP contribution in [0.3, 0.4) is 0 Å². The highest BCUT2D eigenvalue weighted by molar-refractivity contribution is 7.89. The maximum Gasteiger partial charge on any atom is 0.242 e. The molecule has 0 radical (unpaired) electrons. The molecular weight excluding hydrogens is 290 g/mol. The molecule has 0 bridgehead atoms.